The van der Waals surface area contributed by atoms with Gasteiger partial charge in [-0.05, 0) is 24.7 Å². The molecular formula is C9H10ClF2N. The summed E-state index contributed by atoms with van der Waals surface area (Å²) in [6.45, 7) is 0.520. The minimum absolute atomic E-state index is 0.333. The second-order valence-corrected chi connectivity index (χ2v) is 3.23. The third kappa shape index (κ3) is 2.64. The first-order chi connectivity index (χ1) is 6.15. The maximum atomic E-state index is 12.7. The minimum Gasteiger partial charge on any atom is -0.318 e. The molecule has 0 aromatic heterocycles. The molecule has 0 aliphatic heterocycles. The van der Waals surface area contributed by atoms with E-state index in [1.54, 1.807) is 7.05 Å². The number of likely N-dealkylation sites (N-methyl/N-ethyl adjacent to an activating group) is 1. The lowest BCUT2D eigenvalue weighted by atomic mass is 10.1. The largest absolute Gasteiger partial charge is 0.318 e. The Kier molecular flexibility index (Phi) is 3.63. The Morgan fingerprint density at radius 3 is 2.62 bits per heavy atom. The molecule has 0 saturated carbocycles. The highest BCUT2D eigenvalue weighted by atomic mass is 35.5. The Hall–Kier alpha value is -0.670. The Morgan fingerprint density at radius 1 is 1.38 bits per heavy atom. The van der Waals surface area contributed by atoms with Crippen LogP contribution in [0.15, 0.2) is 18.2 Å². The number of hydrogen-bond donors (Lipinski definition) is 1. The predicted octanol–water partition coefficient (Wildman–Crippen LogP) is 2.46. The molecular weight excluding hydrogens is 196 g/mol. The molecule has 13 heavy (non-hydrogen) atoms. The van der Waals surface area contributed by atoms with Crippen LogP contribution in [0.2, 0.25) is 0 Å². The van der Waals surface area contributed by atoms with Gasteiger partial charge in [0.1, 0.15) is 0 Å². The summed E-state index contributed by atoms with van der Waals surface area (Å²) in [5.74, 6) is -1.71. The first kappa shape index (κ1) is 10.4. The van der Waals surface area contributed by atoms with Gasteiger partial charge < -0.3 is 5.32 Å². The molecule has 1 aromatic rings. The average molecular weight is 206 g/mol. The lowest BCUT2D eigenvalue weighted by Gasteiger charge is -2.08. The lowest BCUT2D eigenvalue weighted by Crippen LogP contribution is -2.13. The van der Waals surface area contributed by atoms with E-state index in [0.29, 0.717) is 12.1 Å². The summed E-state index contributed by atoms with van der Waals surface area (Å²) in [5.41, 5.74) is 0.579. The zero-order chi connectivity index (χ0) is 9.84. The van der Waals surface area contributed by atoms with Crippen LogP contribution in [-0.4, -0.2) is 13.6 Å². The summed E-state index contributed by atoms with van der Waals surface area (Å²) in [4.78, 5) is 0. The van der Waals surface area contributed by atoms with Crippen molar-refractivity contribution in [3.8, 4) is 0 Å². The van der Waals surface area contributed by atoms with Crippen molar-refractivity contribution in [3.05, 3.63) is 35.4 Å². The van der Waals surface area contributed by atoms with Crippen LogP contribution in [0.25, 0.3) is 0 Å². The van der Waals surface area contributed by atoms with Gasteiger partial charge in [0.25, 0.3) is 0 Å². The zero-order valence-corrected chi connectivity index (χ0v) is 7.91. The number of rotatable bonds is 3. The van der Waals surface area contributed by atoms with Gasteiger partial charge in [-0.1, -0.05) is 6.07 Å². The van der Waals surface area contributed by atoms with Crippen LogP contribution in [0.3, 0.4) is 0 Å². The van der Waals surface area contributed by atoms with E-state index < -0.39 is 11.6 Å². The lowest BCUT2D eigenvalue weighted by molar-refractivity contribution is 0.506. The highest BCUT2D eigenvalue weighted by Crippen LogP contribution is 2.21. The highest BCUT2D eigenvalue weighted by Gasteiger charge is 2.09. The molecule has 0 spiro atoms. The van der Waals surface area contributed by atoms with Crippen LogP contribution in [0, 0.1) is 11.6 Å². The molecule has 1 rings (SSSR count). The smallest absolute Gasteiger partial charge is 0.159 e. The highest BCUT2D eigenvalue weighted by molar-refractivity contribution is 6.21. The SMILES string of the molecule is CNCC(Cl)c1ccc(F)c(F)c1. The van der Waals surface area contributed by atoms with Gasteiger partial charge >= 0.3 is 0 Å². The normalized spacial score (nSPS) is 12.9. The van der Waals surface area contributed by atoms with Crippen LogP contribution in [0.5, 0.6) is 0 Å². The predicted molar refractivity (Wildman–Crippen MR) is 48.9 cm³/mol. The molecule has 0 fully saturated rings. The zero-order valence-electron chi connectivity index (χ0n) is 7.15. The molecule has 0 saturated heterocycles. The molecule has 0 aliphatic carbocycles. The molecule has 0 amide bonds. The van der Waals surface area contributed by atoms with Gasteiger partial charge in [-0.15, -0.1) is 11.6 Å². The number of benzene rings is 1. The van der Waals surface area contributed by atoms with Crippen LogP contribution in [0.1, 0.15) is 10.9 Å². The summed E-state index contributed by atoms with van der Waals surface area (Å²) < 4.78 is 25.2. The maximum absolute atomic E-state index is 12.7. The van der Waals surface area contributed by atoms with Crippen molar-refractivity contribution < 1.29 is 8.78 Å². The van der Waals surface area contributed by atoms with E-state index in [1.165, 1.54) is 6.07 Å². The van der Waals surface area contributed by atoms with Crippen molar-refractivity contribution in [2.24, 2.45) is 0 Å². The van der Waals surface area contributed by atoms with Gasteiger partial charge in [0.2, 0.25) is 0 Å². The topological polar surface area (TPSA) is 12.0 Å². The van der Waals surface area contributed by atoms with Gasteiger partial charge in [-0.3, -0.25) is 0 Å². The molecule has 1 nitrogen and oxygen atoms in total. The Balaban J connectivity index is 2.84. The Bertz CT molecular complexity index is 291. The first-order valence-corrected chi connectivity index (χ1v) is 4.32. The van der Waals surface area contributed by atoms with E-state index in [4.69, 9.17) is 11.6 Å². The quantitative estimate of drug-likeness (QED) is 0.748. The second-order valence-electron chi connectivity index (χ2n) is 2.70. The van der Waals surface area contributed by atoms with E-state index in [1.807, 2.05) is 0 Å². The molecule has 0 aliphatic rings. The van der Waals surface area contributed by atoms with Gasteiger partial charge in [0.05, 0.1) is 5.38 Å². The minimum atomic E-state index is -0.862. The first-order valence-electron chi connectivity index (χ1n) is 3.88. The van der Waals surface area contributed by atoms with Crippen LogP contribution in [-0.2, 0) is 0 Å². The number of halogens is 3. The molecule has 1 atom stereocenters. The molecule has 1 unspecified atom stereocenters. The molecule has 0 heterocycles. The molecule has 0 radical (unpaired) electrons. The van der Waals surface area contributed by atoms with Gasteiger partial charge in [-0.25, -0.2) is 8.78 Å². The summed E-state index contributed by atoms with van der Waals surface area (Å²) in [7, 11) is 1.75. The molecule has 0 bridgehead atoms. The fraction of sp³-hybridized carbons (Fsp3) is 0.333. The fourth-order valence-electron chi connectivity index (χ4n) is 1.00. The molecule has 1 N–H and O–H groups in total. The third-order valence-corrected chi connectivity index (χ3v) is 2.09. The van der Waals surface area contributed by atoms with Crippen molar-refractivity contribution in [3.63, 3.8) is 0 Å². The Labute approximate surface area is 80.7 Å². The summed E-state index contributed by atoms with van der Waals surface area (Å²) in [6.07, 6.45) is 0. The van der Waals surface area contributed by atoms with E-state index in [2.05, 4.69) is 5.32 Å². The third-order valence-electron chi connectivity index (χ3n) is 1.69. The average Bonchev–Trinajstić information content (AvgIpc) is 2.10. The summed E-state index contributed by atoms with van der Waals surface area (Å²) in [5, 5.41) is 2.52. The van der Waals surface area contributed by atoms with Crippen molar-refractivity contribution in [2.75, 3.05) is 13.6 Å². The summed E-state index contributed by atoms with van der Waals surface area (Å²) >= 11 is 5.88. The summed E-state index contributed by atoms with van der Waals surface area (Å²) in [6, 6.07) is 3.67. The number of hydrogen-bond acceptors (Lipinski definition) is 1. The van der Waals surface area contributed by atoms with Gasteiger partial charge in [0, 0.05) is 6.54 Å². The second kappa shape index (κ2) is 4.53. The molecule has 1 aromatic carbocycles. The van der Waals surface area contributed by atoms with E-state index >= 15 is 0 Å². The van der Waals surface area contributed by atoms with E-state index in [0.717, 1.165) is 12.1 Å². The van der Waals surface area contributed by atoms with Crippen molar-refractivity contribution in [1.29, 1.82) is 0 Å². The fourth-order valence-corrected chi connectivity index (χ4v) is 1.29. The number of nitrogens with one attached hydrogen (secondary N) is 1. The maximum Gasteiger partial charge on any atom is 0.159 e. The van der Waals surface area contributed by atoms with Gasteiger partial charge in [-0.2, -0.15) is 0 Å². The van der Waals surface area contributed by atoms with E-state index in [9.17, 15) is 8.78 Å². The molecule has 4 heteroatoms. The monoisotopic (exact) mass is 205 g/mol. The van der Waals surface area contributed by atoms with Crippen LogP contribution < -0.4 is 5.32 Å². The number of alkyl halides is 1. The van der Waals surface area contributed by atoms with Crippen molar-refractivity contribution in [1.82, 2.24) is 5.32 Å². The standard InChI is InChI=1S/C9H10ClF2N/c1-13-5-7(10)6-2-3-8(11)9(12)4-6/h2-4,7,13H,5H2,1H3. The van der Waals surface area contributed by atoms with E-state index in [-0.39, 0.29) is 5.38 Å². The van der Waals surface area contributed by atoms with Gasteiger partial charge in [0.15, 0.2) is 11.6 Å². The molecule has 72 valence electrons. The van der Waals surface area contributed by atoms with Crippen LogP contribution in [0.4, 0.5) is 8.78 Å². The van der Waals surface area contributed by atoms with Crippen LogP contribution >= 0.6 is 11.6 Å². The Morgan fingerprint density at radius 2 is 2.08 bits per heavy atom. The van der Waals surface area contributed by atoms with Crippen molar-refractivity contribution in [2.45, 2.75) is 5.38 Å². The van der Waals surface area contributed by atoms with Crippen molar-refractivity contribution >= 4 is 11.6 Å².